The Morgan fingerprint density at radius 2 is 1.61 bits per heavy atom. The van der Waals surface area contributed by atoms with E-state index in [1.165, 1.54) is 22.3 Å². The Kier molecular flexibility index (Phi) is 4.74. The summed E-state index contributed by atoms with van der Waals surface area (Å²) in [5, 5.41) is 3.69. The quantitative estimate of drug-likeness (QED) is 0.442. The minimum absolute atomic E-state index is 0.940. The van der Waals surface area contributed by atoms with Gasteiger partial charge in [0.1, 0.15) is 17.2 Å². The third-order valence-electron chi connectivity index (χ3n) is 5.05. The number of nitrogens with zero attached hydrogens (tertiary/aromatic N) is 2. The Balaban J connectivity index is 1.89. The number of hydrogen-bond donors (Lipinski definition) is 1. The number of fused-ring (bicyclic) bond motifs is 1. The van der Waals surface area contributed by atoms with Crippen LogP contribution in [0.1, 0.15) is 34.9 Å². The van der Waals surface area contributed by atoms with E-state index < -0.39 is 0 Å². The molecule has 3 heteroatoms. The van der Waals surface area contributed by atoms with Gasteiger partial charge >= 0.3 is 0 Å². The number of pyridine rings is 1. The lowest BCUT2D eigenvalue weighted by molar-refractivity contribution is 1.15. The van der Waals surface area contributed by atoms with Gasteiger partial charge in [0.15, 0.2) is 0 Å². The Morgan fingerprint density at radius 1 is 0.893 bits per heavy atom. The van der Waals surface area contributed by atoms with Crippen molar-refractivity contribution >= 4 is 28.8 Å². The van der Waals surface area contributed by atoms with Crippen LogP contribution < -0.4 is 5.32 Å². The summed E-state index contributed by atoms with van der Waals surface area (Å²) in [5.74, 6) is 1.00. The zero-order valence-electron chi connectivity index (χ0n) is 16.8. The minimum atomic E-state index is 0.940. The minimum Gasteiger partial charge on any atom is -0.339 e. The van der Waals surface area contributed by atoms with Crippen LogP contribution >= 0.6 is 0 Å². The van der Waals surface area contributed by atoms with Gasteiger partial charge in [0.2, 0.25) is 0 Å². The van der Waals surface area contributed by atoms with Crippen molar-refractivity contribution in [3.8, 4) is 0 Å². The number of aryl methyl sites for hydroxylation is 3. The summed E-state index contributed by atoms with van der Waals surface area (Å²) < 4.78 is 2.15. The topological polar surface area (TPSA) is 29.3 Å². The SMILES string of the molecule is CC(=Cc1ccccc1)c1nc2ccc(C)cn2c1Nc1c(C)cccc1C. The molecule has 0 aliphatic carbocycles. The zero-order chi connectivity index (χ0) is 19.7. The highest BCUT2D eigenvalue weighted by atomic mass is 15.1. The number of hydrogen-bond acceptors (Lipinski definition) is 2. The van der Waals surface area contributed by atoms with Gasteiger partial charge in [-0.15, -0.1) is 0 Å². The van der Waals surface area contributed by atoms with Gasteiger partial charge in [-0.25, -0.2) is 4.98 Å². The largest absolute Gasteiger partial charge is 0.339 e. The molecule has 0 saturated carbocycles. The fraction of sp³-hybridized carbons (Fsp3) is 0.160. The molecule has 4 aromatic rings. The first-order valence-electron chi connectivity index (χ1n) is 9.58. The average Bonchev–Trinajstić information content (AvgIpc) is 3.03. The molecular formula is C25H25N3. The van der Waals surface area contributed by atoms with Crippen LogP contribution in [-0.4, -0.2) is 9.38 Å². The molecule has 28 heavy (non-hydrogen) atoms. The molecule has 140 valence electrons. The van der Waals surface area contributed by atoms with Crippen LogP contribution in [-0.2, 0) is 0 Å². The molecule has 0 amide bonds. The Morgan fingerprint density at radius 3 is 2.32 bits per heavy atom. The number of benzene rings is 2. The molecule has 0 fully saturated rings. The van der Waals surface area contributed by atoms with E-state index in [2.05, 4.69) is 104 Å². The standard InChI is InChI=1S/C25H25N3/c1-17-13-14-22-26-24(20(4)15-21-11-6-5-7-12-21)25(28(22)16-17)27-23-18(2)9-8-10-19(23)3/h5-16,27H,1-4H3. The monoisotopic (exact) mass is 367 g/mol. The first kappa shape index (κ1) is 18.1. The summed E-state index contributed by atoms with van der Waals surface area (Å²) in [7, 11) is 0. The van der Waals surface area contributed by atoms with Crippen molar-refractivity contribution in [2.75, 3.05) is 5.32 Å². The summed E-state index contributed by atoms with van der Waals surface area (Å²) in [4.78, 5) is 4.94. The van der Waals surface area contributed by atoms with Crippen LogP contribution in [0.15, 0.2) is 66.9 Å². The molecule has 2 aromatic heterocycles. The van der Waals surface area contributed by atoms with Gasteiger partial charge < -0.3 is 5.32 Å². The lowest BCUT2D eigenvalue weighted by atomic mass is 10.1. The van der Waals surface area contributed by atoms with Gasteiger partial charge in [0.25, 0.3) is 0 Å². The normalized spacial score (nSPS) is 11.8. The molecule has 0 spiro atoms. The Hall–Kier alpha value is -3.33. The van der Waals surface area contributed by atoms with Gasteiger partial charge in [-0.1, -0.05) is 54.6 Å². The lowest BCUT2D eigenvalue weighted by Gasteiger charge is -2.14. The van der Waals surface area contributed by atoms with Gasteiger partial charge in [-0.05, 0) is 67.7 Å². The molecule has 2 heterocycles. The van der Waals surface area contributed by atoms with Crippen molar-refractivity contribution in [1.82, 2.24) is 9.38 Å². The maximum absolute atomic E-state index is 4.94. The number of aromatic nitrogens is 2. The van der Waals surface area contributed by atoms with E-state index in [9.17, 15) is 0 Å². The fourth-order valence-electron chi connectivity index (χ4n) is 3.54. The molecule has 0 aliphatic heterocycles. The van der Waals surface area contributed by atoms with E-state index in [0.29, 0.717) is 0 Å². The molecule has 1 N–H and O–H groups in total. The fourth-order valence-corrected chi connectivity index (χ4v) is 3.54. The highest BCUT2D eigenvalue weighted by Gasteiger charge is 2.16. The van der Waals surface area contributed by atoms with E-state index in [-0.39, 0.29) is 0 Å². The molecule has 0 radical (unpaired) electrons. The molecule has 0 unspecified atom stereocenters. The number of allylic oxidation sites excluding steroid dienone is 1. The van der Waals surface area contributed by atoms with Crippen molar-refractivity contribution < 1.29 is 0 Å². The predicted octanol–water partition coefficient (Wildman–Crippen LogP) is 6.56. The van der Waals surface area contributed by atoms with Gasteiger partial charge in [-0.3, -0.25) is 4.40 Å². The van der Waals surface area contributed by atoms with Crippen molar-refractivity contribution in [2.24, 2.45) is 0 Å². The molecule has 4 rings (SSSR count). The summed E-state index contributed by atoms with van der Waals surface area (Å²) in [5.41, 5.74) is 8.99. The number of imidazole rings is 1. The number of nitrogens with one attached hydrogen (secondary N) is 1. The zero-order valence-corrected chi connectivity index (χ0v) is 16.8. The van der Waals surface area contributed by atoms with Gasteiger partial charge in [-0.2, -0.15) is 0 Å². The van der Waals surface area contributed by atoms with E-state index in [4.69, 9.17) is 4.98 Å². The second-order valence-corrected chi connectivity index (χ2v) is 7.37. The third-order valence-corrected chi connectivity index (χ3v) is 5.05. The summed E-state index contributed by atoms with van der Waals surface area (Å²) in [6.45, 7) is 8.50. The summed E-state index contributed by atoms with van der Waals surface area (Å²) >= 11 is 0. The van der Waals surface area contributed by atoms with Crippen LogP contribution in [0.25, 0.3) is 17.3 Å². The lowest BCUT2D eigenvalue weighted by Crippen LogP contribution is -2.01. The molecule has 2 aromatic carbocycles. The summed E-state index contributed by atoms with van der Waals surface area (Å²) in [6.07, 6.45) is 4.32. The molecular weight excluding hydrogens is 342 g/mol. The Bertz CT molecular complexity index is 1150. The molecule has 0 saturated heterocycles. The van der Waals surface area contributed by atoms with E-state index in [1.54, 1.807) is 0 Å². The highest BCUT2D eigenvalue weighted by Crippen LogP contribution is 2.32. The molecule has 0 bridgehead atoms. The number of rotatable bonds is 4. The molecule has 3 nitrogen and oxygen atoms in total. The van der Waals surface area contributed by atoms with E-state index in [1.807, 2.05) is 6.07 Å². The van der Waals surface area contributed by atoms with Crippen LogP contribution in [0.5, 0.6) is 0 Å². The highest BCUT2D eigenvalue weighted by molar-refractivity contribution is 5.86. The average molecular weight is 367 g/mol. The van der Waals surface area contributed by atoms with Crippen molar-refractivity contribution in [3.63, 3.8) is 0 Å². The first-order valence-corrected chi connectivity index (χ1v) is 9.58. The number of anilines is 2. The van der Waals surface area contributed by atoms with Crippen LogP contribution in [0.2, 0.25) is 0 Å². The molecule has 0 atom stereocenters. The second kappa shape index (κ2) is 7.35. The smallest absolute Gasteiger partial charge is 0.142 e. The molecule has 0 aliphatic rings. The van der Waals surface area contributed by atoms with Gasteiger partial charge in [0.05, 0.1) is 0 Å². The number of para-hydroxylation sites is 1. The van der Waals surface area contributed by atoms with Crippen LogP contribution in [0, 0.1) is 20.8 Å². The van der Waals surface area contributed by atoms with Crippen LogP contribution in [0.4, 0.5) is 11.5 Å². The van der Waals surface area contributed by atoms with Crippen molar-refractivity contribution in [3.05, 3.63) is 94.8 Å². The maximum atomic E-state index is 4.94. The Labute approximate surface area is 166 Å². The van der Waals surface area contributed by atoms with Gasteiger partial charge in [0, 0.05) is 11.9 Å². The van der Waals surface area contributed by atoms with Crippen LogP contribution in [0.3, 0.4) is 0 Å². The van der Waals surface area contributed by atoms with E-state index in [0.717, 1.165) is 28.4 Å². The second-order valence-electron chi connectivity index (χ2n) is 7.37. The maximum Gasteiger partial charge on any atom is 0.142 e. The summed E-state index contributed by atoms with van der Waals surface area (Å²) in [6, 6.07) is 20.9. The van der Waals surface area contributed by atoms with Crippen molar-refractivity contribution in [1.29, 1.82) is 0 Å². The third kappa shape index (κ3) is 3.44. The van der Waals surface area contributed by atoms with Crippen molar-refractivity contribution in [2.45, 2.75) is 27.7 Å². The van der Waals surface area contributed by atoms with E-state index >= 15 is 0 Å². The first-order chi connectivity index (χ1) is 13.5. The predicted molar refractivity (Wildman–Crippen MR) is 119 cm³/mol.